The van der Waals surface area contributed by atoms with Gasteiger partial charge in [-0.1, -0.05) is 19.8 Å². The van der Waals surface area contributed by atoms with Gasteiger partial charge in [0.2, 0.25) is 0 Å². The lowest BCUT2D eigenvalue weighted by Gasteiger charge is -2.30. The fourth-order valence-electron chi connectivity index (χ4n) is 3.00. The van der Waals surface area contributed by atoms with Gasteiger partial charge in [0, 0.05) is 25.4 Å². The predicted molar refractivity (Wildman–Crippen MR) is 68.7 cm³/mol. The third kappa shape index (κ3) is 3.09. The van der Waals surface area contributed by atoms with Gasteiger partial charge in [0.25, 0.3) is 0 Å². The van der Waals surface area contributed by atoms with Gasteiger partial charge in [-0.25, -0.2) is 4.98 Å². The van der Waals surface area contributed by atoms with Gasteiger partial charge in [-0.2, -0.15) is 0 Å². The Morgan fingerprint density at radius 1 is 1.53 bits per heavy atom. The van der Waals surface area contributed by atoms with E-state index in [4.69, 9.17) is 0 Å². The van der Waals surface area contributed by atoms with E-state index in [-0.39, 0.29) is 6.10 Å². The second kappa shape index (κ2) is 5.67. The summed E-state index contributed by atoms with van der Waals surface area (Å²) >= 11 is 0. The van der Waals surface area contributed by atoms with Crippen molar-refractivity contribution in [2.24, 2.45) is 11.8 Å². The van der Waals surface area contributed by atoms with Gasteiger partial charge in [0.05, 0.1) is 6.10 Å². The van der Waals surface area contributed by atoms with Crippen LogP contribution in [-0.4, -0.2) is 20.8 Å². The van der Waals surface area contributed by atoms with Crippen molar-refractivity contribution in [1.29, 1.82) is 0 Å². The standard InChI is InChI=1S/C14H24N2O/c1-3-16-8-7-15-14(16)10-13(17)12-6-4-5-11(2)9-12/h7-8,11-13,17H,3-6,9-10H2,1-2H3. The van der Waals surface area contributed by atoms with Gasteiger partial charge in [-0.05, 0) is 31.6 Å². The molecule has 1 aromatic rings. The fraction of sp³-hybridized carbons (Fsp3) is 0.786. The van der Waals surface area contributed by atoms with E-state index in [0.717, 1.165) is 18.3 Å². The first-order valence-corrected chi connectivity index (χ1v) is 6.88. The number of hydrogen-bond acceptors (Lipinski definition) is 2. The van der Waals surface area contributed by atoms with Crippen LogP contribution in [0.25, 0.3) is 0 Å². The Morgan fingerprint density at radius 3 is 3.06 bits per heavy atom. The van der Waals surface area contributed by atoms with Crippen LogP contribution >= 0.6 is 0 Å². The molecule has 0 aliphatic heterocycles. The molecule has 0 bridgehead atoms. The van der Waals surface area contributed by atoms with E-state index in [1.165, 1.54) is 25.7 Å². The molecule has 0 aromatic carbocycles. The lowest BCUT2D eigenvalue weighted by Crippen LogP contribution is -2.28. The summed E-state index contributed by atoms with van der Waals surface area (Å²) < 4.78 is 2.12. The monoisotopic (exact) mass is 236 g/mol. The first kappa shape index (κ1) is 12.6. The molecule has 3 atom stereocenters. The summed E-state index contributed by atoms with van der Waals surface area (Å²) in [6.45, 7) is 5.34. The molecule has 0 saturated heterocycles. The van der Waals surface area contributed by atoms with Gasteiger partial charge in [0.1, 0.15) is 5.82 Å². The smallest absolute Gasteiger partial charge is 0.111 e. The molecule has 1 saturated carbocycles. The van der Waals surface area contributed by atoms with Crippen molar-refractivity contribution < 1.29 is 5.11 Å². The second-order valence-corrected chi connectivity index (χ2v) is 5.43. The van der Waals surface area contributed by atoms with Crippen molar-refractivity contribution in [3.05, 3.63) is 18.2 Å². The third-order valence-corrected chi connectivity index (χ3v) is 4.06. The zero-order valence-corrected chi connectivity index (χ0v) is 11.0. The van der Waals surface area contributed by atoms with Gasteiger partial charge in [-0.3, -0.25) is 0 Å². The summed E-state index contributed by atoms with van der Waals surface area (Å²) in [5.41, 5.74) is 0. The second-order valence-electron chi connectivity index (χ2n) is 5.43. The lowest BCUT2D eigenvalue weighted by atomic mass is 9.79. The summed E-state index contributed by atoms with van der Waals surface area (Å²) in [6, 6.07) is 0. The fourth-order valence-corrected chi connectivity index (χ4v) is 3.00. The van der Waals surface area contributed by atoms with Crippen LogP contribution in [0.2, 0.25) is 0 Å². The van der Waals surface area contributed by atoms with Gasteiger partial charge in [0.15, 0.2) is 0 Å². The number of aliphatic hydroxyl groups is 1. The summed E-state index contributed by atoms with van der Waals surface area (Å²) in [6.07, 6.45) is 9.26. The normalized spacial score (nSPS) is 27.0. The maximum Gasteiger partial charge on any atom is 0.111 e. The summed E-state index contributed by atoms with van der Waals surface area (Å²) in [7, 11) is 0. The topological polar surface area (TPSA) is 38.0 Å². The van der Waals surface area contributed by atoms with Crippen molar-refractivity contribution in [3.63, 3.8) is 0 Å². The number of aromatic nitrogens is 2. The molecule has 3 nitrogen and oxygen atoms in total. The molecule has 1 aromatic heterocycles. The summed E-state index contributed by atoms with van der Waals surface area (Å²) in [5, 5.41) is 10.3. The average molecular weight is 236 g/mol. The van der Waals surface area contributed by atoms with Crippen LogP contribution in [0.4, 0.5) is 0 Å². The van der Waals surface area contributed by atoms with Crippen molar-refractivity contribution in [2.75, 3.05) is 0 Å². The highest BCUT2D eigenvalue weighted by Crippen LogP contribution is 2.31. The van der Waals surface area contributed by atoms with E-state index < -0.39 is 0 Å². The Labute approximate surface area is 104 Å². The van der Waals surface area contributed by atoms with Crippen LogP contribution < -0.4 is 0 Å². The Morgan fingerprint density at radius 2 is 2.35 bits per heavy atom. The Balaban J connectivity index is 1.94. The van der Waals surface area contributed by atoms with Crippen LogP contribution in [0.1, 0.15) is 45.4 Å². The summed E-state index contributed by atoms with van der Waals surface area (Å²) in [5.74, 6) is 2.27. The average Bonchev–Trinajstić information content (AvgIpc) is 2.76. The van der Waals surface area contributed by atoms with Crippen molar-refractivity contribution in [1.82, 2.24) is 9.55 Å². The van der Waals surface area contributed by atoms with Crippen molar-refractivity contribution in [2.45, 2.75) is 58.6 Å². The first-order valence-electron chi connectivity index (χ1n) is 6.88. The molecule has 1 aliphatic rings. The number of rotatable bonds is 4. The molecule has 0 radical (unpaired) electrons. The molecule has 1 fully saturated rings. The van der Waals surface area contributed by atoms with Crippen LogP contribution in [0.5, 0.6) is 0 Å². The molecule has 1 N–H and O–H groups in total. The van der Waals surface area contributed by atoms with Gasteiger partial charge in [-0.15, -0.1) is 0 Å². The van der Waals surface area contributed by atoms with Crippen LogP contribution in [0, 0.1) is 11.8 Å². The molecule has 3 heteroatoms. The Hall–Kier alpha value is -0.830. The van der Waals surface area contributed by atoms with E-state index >= 15 is 0 Å². The highest BCUT2D eigenvalue weighted by Gasteiger charge is 2.26. The zero-order chi connectivity index (χ0) is 12.3. The van der Waals surface area contributed by atoms with E-state index in [9.17, 15) is 5.11 Å². The Bertz CT molecular complexity index is 348. The molecule has 0 amide bonds. The number of nitrogens with zero attached hydrogens (tertiary/aromatic N) is 2. The maximum absolute atomic E-state index is 10.3. The number of aryl methyl sites for hydroxylation is 1. The molecule has 17 heavy (non-hydrogen) atoms. The molecule has 1 heterocycles. The van der Waals surface area contributed by atoms with E-state index in [1.807, 2.05) is 12.4 Å². The quantitative estimate of drug-likeness (QED) is 0.872. The lowest BCUT2D eigenvalue weighted by molar-refractivity contribution is 0.0698. The van der Waals surface area contributed by atoms with Crippen molar-refractivity contribution in [3.8, 4) is 0 Å². The molecule has 3 unspecified atom stereocenters. The number of hydrogen-bond donors (Lipinski definition) is 1. The Kier molecular flexibility index (Phi) is 4.21. The van der Waals surface area contributed by atoms with Crippen LogP contribution in [-0.2, 0) is 13.0 Å². The molecule has 96 valence electrons. The third-order valence-electron chi connectivity index (χ3n) is 4.06. The highest BCUT2D eigenvalue weighted by molar-refractivity contribution is 4.95. The molecular formula is C14H24N2O. The van der Waals surface area contributed by atoms with E-state index in [0.29, 0.717) is 12.3 Å². The molecule has 2 rings (SSSR count). The van der Waals surface area contributed by atoms with E-state index in [1.54, 1.807) is 0 Å². The van der Waals surface area contributed by atoms with Crippen LogP contribution in [0.3, 0.4) is 0 Å². The zero-order valence-electron chi connectivity index (χ0n) is 11.0. The van der Waals surface area contributed by atoms with Gasteiger partial charge < -0.3 is 9.67 Å². The minimum absolute atomic E-state index is 0.217. The number of imidazole rings is 1. The molecular weight excluding hydrogens is 212 g/mol. The van der Waals surface area contributed by atoms with Gasteiger partial charge >= 0.3 is 0 Å². The molecule has 1 aliphatic carbocycles. The minimum Gasteiger partial charge on any atom is -0.392 e. The minimum atomic E-state index is -0.217. The predicted octanol–water partition coefficient (Wildman–Crippen LogP) is 2.63. The maximum atomic E-state index is 10.3. The highest BCUT2D eigenvalue weighted by atomic mass is 16.3. The number of aliphatic hydroxyl groups excluding tert-OH is 1. The SMILES string of the molecule is CCn1ccnc1CC(O)C1CCCC(C)C1. The van der Waals surface area contributed by atoms with Crippen LogP contribution in [0.15, 0.2) is 12.4 Å². The molecule has 0 spiro atoms. The summed E-state index contributed by atoms with van der Waals surface area (Å²) in [4.78, 5) is 4.34. The van der Waals surface area contributed by atoms with E-state index in [2.05, 4.69) is 23.4 Å². The first-order chi connectivity index (χ1) is 8.20. The van der Waals surface area contributed by atoms with Crippen molar-refractivity contribution >= 4 is 0 Å². The largest absolute Gasteiger partial charge is 0.392 e.